The predicted molar refractivity (Wildman–Crippen MR) is 70.4 cm³/mol. The Balaban J connectivity index is 2.56. The van der Waals surface area contributed by atoms with Crippen LogP contribution in [-0.2, 0) is 11.3 Å². The highest BCUT2D eigenvalue weighted by atomic mass is 32.2. The van der Waals surface area contributed by atoms with Crippen LogP contribution < -0.4 is 5.32 Å². The Morgan fingerprint density at radius 1 is 1.41 bits per heavy atom. The van der Waals surface area contributed by atoms with Gasteiger partial charge >= 0.3 is 0 Å². The van der Waals surface area contributed by atoms with Gasteiger partial charge in [0.25, 0.3) is 0 Å². The van der Waals surface area contributed by atoms with E-state index >= 15 is 0 Å². The fourth-order valence-electron chi connectivity index (χ4n) is 1.61. The molecule has 1 aromatic carbocycles. The molecule has 0 aromatic heterocycles. The van der Waals surface area contributed by atoms with Crippen LogP contribution in [0, 0.1) is 11.7 Å². The van der Waals surface area contributed by atoms with Crippen LogP contribution in [-0.4, -0.2) is 17.4 Å². The van der Waals surface area contributed by atoms with Crippen LogP contribution in [0.25, 0.3) is 0 Å². The zero-order chi connectivity index (χ0) is 12.8. The van der Waals surface area contributed by atoms with Gasteiger partial charge in [0.2, 0.25) is 5.91 Å². The van der Waals surface area contributed by atoms with Gasteiger partial charge in [0.1, 0.15) is 5.82 Å². The predicted octanol–water partition coefficient (Wildman–Crippen LogP) is 2.83. The van der Waals surface area contributed by atoms with Crippen molar-refractivity contribution >= 4 is 17.7 Å². The molecule has 0 saturated carbocycles. The molecular formula is C13H18FNOS. The third-order valence-electron chi connectivity index (χ3n) is 2.53. The van der Waals surface area contributed by atoms with Gasteiger partial charge in [-0.2, -0.15) is 11.8 Å². The molecule has 0 aliphatic carbocycles. The maximum Gasteiger partial charge on any atom is 0.233 e. The number of hydrogen-bond donors (Lipinski definition) is 1. The van der Waals surface area contributed by atoms with Crippen LogP contribution in [0.5, 0.6) is 0 Å². The SMILES string of the molecule is CS[C@H](C(=O)NCc1ccccc1F)C(C)C. The first-order valence-electron chi connectivity index (χ1n) is 5.60. The van der Waals surface area contributed by atoms with Gasteiger partial charge in [-0.1, -0.05) is 32.0 Å². The van der Waals surface area contributed by atoms with Crippen molar-refractivity contribution in [1.29, 1.82) is 0 Å². The summed E-state index contributed by atoms with van der Waals surface area (Å²) in [6, 6.07) is 6.48. The number of nitrogens with one attached hydrogen (secondary N) is 1. The average molecular weight is 255 g/mol. The molecule has 1 aromatic rings. The van der Waals surface area contributed by atoms with Crippen LogP contribution in [0.3, 0.4) is 0 Å². The lowest BCUT2D eigenvalue weighted by Gasteiger charge is -2.17. The molecule has 0 aliphatic rings. The van der Waals surface area contributed by atoms with E-state index in [1.807, 2.05) is 20.1 Å². The van der Waals surface area contributed by atoms with Crippen LogP contribution in [0.1, 0.15) is 19.4 Å². The molecule has 1 atom stereocenters. The van der Waals surface area contributed by atoms with Gasteiger partial charge in [-0.05, 0) is 18.2 Å². The number of thioether (sulfide) groups is 1. The molecule has 17 heavy (non-hydrogen) atoms. The van der Waals surface area contributed by atoms with E-state index in [0.29, 0.717) is 5.56 Å². The van der Waals surface area contributed by atoms with E-state index in [1.165, 1.54) is 17.8 Å². The summed E-state index contributed by atoms with van der Waals surface area (Å²) in [6.45, 7) is 4.25. The van der Waals surface area contributed by atoms with Gasteiger partial charge in [0.05, 0.1) is 5.25 Å². The van der Waals surface area contributed by atoms with Crippen LogP contribution in [0.2, 0.25) is 0 Å². The van der Waals surface area contributed by atoms with Crippen molar-refractivity contribution in [3.63, 3.8) is 0 Å². The van der Waals surface area contributed by atoms with Crippen molar-refractivity contribution in [2.24, 2.45) is 5.92 Å². The Hall–Kier alpha value is -1.03. The first-order valence-corrected chi connectivity index (χ1v) is 6.89. The van der Waals surface area contributed by atoms with E-state index in [4.69, 9.17) is 0 Å². The smallest absolute Gasteiger partial charge is 0.233 e. The first kappa shape index (κ1) is 14.0. The zero-order valence-corrected chi connectivity index (χ0v) is 11.2. The van der Waals surface area contributed by atoms with E-state index in [1.54, 1.807) is 18.2 Å². The Kier molecular flexibility index (Phi) is 5.48. The summed E-state index contributed by atoms with van der Waals surface area (Å²) in [4.78, 5) is 11.8. The van der Waals surface area contributed by atoms with E-state index in [0.717, 1.165) is 0 Å². The van der Waals surface area contributed by atoms with Gasteiger partial charge in [-0.3, -0.25) is 4.79 Å². The molecule has 0 bridgehead atoms. The molecule has 0 heterocycles. The second-order valence-electron chi connectivity index (χ2n) is 4.21. The normalized spacial score (nSPS) is 12.5. The quantitative estimate of drug-likeness (QED) is 0.876. The largest absolute Gasteiger partial charge is 0.351 e. The second-order valence-corrected chi connectivity index (χ2v) is 5.19. The Labute approximate surface area is 106 Å². The molecule has 94 valence electrons. The average Bonchev–Trinajstić information content (AvgIpc) is 2.28. The number of hydrogen-bond acceptors (Lipinski definition) is 2. The summed E-state index contributed by atoms with van der Waals surface area (Å²) in [5.41, 5.74) is 0.518. The highest BCUT2D eigenvalue weighted by Crippen LogP contribution is 2.16. The van der Waals surface area contributed by atoms with Crippen LogP contribution in [0.4, 0.5) is 4.39 Å². The van der Waals surface area contributed by atoms with Gasteiger partial charge in [0.15, 0.2) is 0 Å². The molecule has 4 heteroatoms. The molecule has 2 nitrogen and oxygen atoms in total. The lowest BCUT2D eigenvalue weighted by Crippen LogP contribution is -2.35. The summed E-state index contributed by atoms with van der Waals surface area (Å²) in [5, 5.41) is 2.69. The van der Waals surface area contributed by atoms with Crippen molar-refractivity contribution in [3.8, 4) is 0 Å². The first-order chi connectivity index (χ1) is 8.06. The molecule has 0 aliphatic heterocycles. The van der Waals surface area contributed by atoms with Crippen molar-refractivity contribution in [3.05, 3.63) is 35.6 Å². The number of amides is 1. The summed E-state index contributed by atoms with van der Waals surface area (Å²) in [6.07, 6.45) is 1.91. The van der Waals surface area contributed by atoms with Gasteiger partial charge in [-0.15, -0.1) is 0 Å². The maximum atomic E-state index is 13.3. The highest BCUT2D eigenvalue weighted by Gasteiger charge is 2.20. The standard InChI is InChI=1S/C13H18FNOS/c1-9(2)12(17-3)13(16)15-8-10-6-4-5-7-11(10)14/h4-7,9,12H,8H2,1-3H3,(H,15,16)/t12-/m0/s1. The van der Waals surface area contributed by atoms with E-state index < -0.39 is 0 Å². The molecule has 0 unspecified atom stereocenters. The highest BCUT2D eigenvalue weighted by molar-refractivity contribution is 7.99. The van der Waals surface area contributed by atoms with E-state index in [9.17, 15) is 9.18 Å². The van der Waals surface area contributed by atoms with Crippen LogP contribution >= 0.6 is 11.8 Å². The van der Waals surface area contributed by atoms with Crippen LogP contribution in [0.15, 0.2) is 24.3 Å². The van der Waals surface area contributed by atoms with E-state index in [-0.39, 0.29) is 29.4 Å². The second kappa shape index (κ2) is 6.64. The Morgan fingerprint density at radius 2 is 2.06 bits per heavy atom. The molecule has 1 amide bonds. The fraction of sp³-hybridized carbons (Fsp3) is 0.462. The molecule has 1 N–H and O–H groups in total. The lowest BCUT2D eigenvalue weighted by atomic mass is 10.1. The molecular weight excluding hydrogens is 237 g/mol. The van der Waals surface area contributed by atoms with Crippen molar-refractivity contribution < 1.29 is 9.18 Å². The summed E-state index contributed by atoms with van der Waals surface area (Å²) < 4.78 is 13.3. The van der Waals surface area contributed by atoms with Gasteiger partial charge in [-0.25, -0.2) is 4.39 Å². The van der Waals surface area contributed by atoms with E-state index in [2.05, 4.69) is 5.32 Å². The van der Waals surface area contributed by atoms with Crippen molar-refractivity contribution in [2.45, 2.75) is 25.6 Å². The Bertz CT molecular complexity index is 381. The molecule has 0 spiro atoms. The van der Waals surface area contributed by atoms with Gasteiger partial charge in [0, 0.05) is 12.1 Å². The monoisotopic (exact) mass is 255 g/mol. The zero-order valence-electron chi connectivity index (χ0n) is 10.4. The number of carbonyl (C=O) groups excluding carboxylic acids is 1. The number of benzene rings is 1. The summed E-state index contributed by atoms with van der Waals surface area (Å²) in [5.74, 6) is -0.0422. The number of carbonyl (C=O) groups is 1. The number of halogens is 1. The molecule has 0 fully saturated rings. The molecule has 1 rings (SSSR count). The van der Waals surface area contributed by atoms with Crippen molar-refractivity contribution in [1.82, 2.24) is 5.32 Å². The summed E-state index contributed by atoms with van der Waals surface area (Å²) >= 11 is 1.52. The lowest BCUT2D eigenvalue weighted by molar-refractivity contribution is -0.121. The maximum absolute atomic E-state index is 13.3. The molecule has 0 saturated heterocycles. The number of rotatable bonds is 5. The Morgan fingerprint density at radius 3 is 2.59 bits per heavy atom. The minimum absolute atomic E-state index is 0.0317. The molecule has 0 radical (unpaired) electrons. The third-order valence-corrected chi connectivity index (χ3v) is 3.80. The van der Waals surface area contributed by atoms with Gasteiger partial charge < -0.3 is 5.32 Å². The summed E-state index contributed by atoms with van der Waals surface area (Å²) in [7, 11) is 0. The van der Waals surface area contributed by atoms with Crippen molar-refractivity contribution in [2.75, 3.05) is 6.26 Å². The fourth-order valence-corrected chi connectivity index (χ4v) is 2.45. The third kappa shape index (κ3) is 4.04. The minimum Gasteiger partial charge on any atom is -0.351 e. The topological polar surface area (TPSA) is 29.1 Å². The minimum atomic E-state index is -0.280.